The Morgan fingerprint density at radius 2 is 1.25 bits per heavy atom. The maximum absolute atomic E-state index is 12.8. The van der Waals surface area contributed by atoms with Crippen molar-refractivity contribution in [3.8, 4) is 0 Å². The summed E-state index contributed by atoms with van der Waals surface area (Å²) < 4.78 is 31.6. The molecule has 0 aromatic carbocycles. The summed E-state index contributed by atoms with van der Waals surface area (Å²) in [7, 11) is 0. The summed E-state index contributed by atoms with van der Waals surface area (Å²) in [6, 6.07) is 0. The lowest BCUT2D eigenvalue weighted by molar-refractivity contribution is 0.0186. The number of carbonyl (C=O) groups is 4. The van der Waals surface area contributed by atoms with E-state index in [4.69, 9.17) is 29.2 Å². The summed E-state index contributed by atoms with van der Waals surface area (Å²) in [6.45, 7) is 15.8. The highest BCUT2D eigenvalue weighted by Crippen LogP contribution is 2.23. The first kappa shape index (κ1) is 42.5. The van der Waals surface area contributed by atoms with Gasteiger partial charge in [0.25, 0.3) is 0 Å². The van der Waals surface area contributed by atoms with Crippen LogP contribution in [0.1, 0.15) is 87.8 Å². The zero-order valence-corrected chi connectivity index (χ0v) is 32.6. The van der Waals surface area contributed by atoms with Crippen LogP contribution in [0.2, 0.25) is 0 Å². The lowest BCUT2D eigenvalue weighted by atomic mass is 10.2. The Kier molecular flexibility index (Phi) is 13.5. The van der Waals surface area contributed by atoms with Gasteiger partial charge in [0.2, 0.25) is 0 Å². The predicted molar refractivity (Wildman–Crippen MR) is 192 cm³/mol. The molecule has 0 saturated carbocycles. The van der Waals surface area contributed by atoms with Crippen molar-refractivity contribution in [2.24, 2.45) is 5.11 Å². The molecular weight excluding hydrogens is 726 g/mol. The minimum atomic E-state index is -1.16. The van der Waals surface area contributed by atoms with Crippen LogP contribution < -0.4 is 11.4 Å². The number of aliphatic hydroxyl groups is 1. The molecule has 21 heteroatoms. The topological polar surface area (TPSA) is 247 Å². The van der Waals surface area contributed by atoms with Gasteiger partial charge in [0, 0.05) is 31.1 Å². The molecule has 2 atom stereocenters. The highest BCUT2D eigenvalue weighted by atomic mass is 16.6. The van der Waals surface area contributed by atoms with Gasteiger partial charge in [0.1, 0.15) is 11.2 Å². The van der Waals surface area contributed by atoms with Crippen molar-refractivity contribution < 1.29 is 48.0 Å². The van der Waals surface area contributed by atoms with Gasteiger partial charge in [-0.05, 0) is 60.9 Å². The van der Waals surface area contributed by atoms with Crippen LogP contribution in [0.25, 0.3) is 10.4 Å². The Bertz CT molecular complexity index is 1920. The van der Waals surface area contributed by atoms with Gasteiger partial charge in [-0.2, -0.15) is 0 Å². The van der Waals surface area contributed by atoms with Crippen LogP contribution in [-0.2, 0) is 63.0 Å². The molecule has 3 aliphatic rings. The molecule has 0 bridgehead atoms. The second-order valence-corrected chi connectivity index (χ2v) is 14.9. The number of aromatic nitrogens is 4. The Morgan fingerprint density at radius 1 is 0.818 bits per heavy atom. The second kappa shape index (κ2) is 17.5. The molecule has 3 aliphatic heterocycles. The van der Waals surface area contributed by atoms with Crippen molar-refractivity contribution in [2.75, 3.05) is 39.5 Å². The van der Waals surface area contributed by atoms with Crippen LogP contribution in [0.5, 0.6) is 0 Å². The van der Waals surface area contributed by atoms with Crippen molar-refractivity contribution in [3.05, 3.63) is 54.2 Å². The molecule has 0 aliphatic carbocycles. The maximum Gasteiger partial charge on any atom is 0.410 e. The standard InChI is InChI=1S/C17H26N6O6.C17H25N3O6/c1-5-28-14(25)13-12-10-21(16(27)29-17(2,3)4)6-7-22(12)15(26)23(13)9-11(24)8-19-20-18;1-5-24-14(21)13-12-9-18(16(23)26-17(2,3)4)6-7-19(12)15(22)20(13)8-11-10-25-11/h11,24H,5-10H2,1-4H3;11H,5-10H2,1-4H3. The molecule has 304 valence electrons. The first-order chi connectivity index (χ1) is 25.8. The summed E-state index contributed by atoms with van der Waals surface area (Å²) in [5, 5.41) is 13.3. The number of hydrogen-bond donors (Lipinski definition) is 1. The number of ether oxygens (including phenoxy) is 5. The second-order valence-electron chi connectivity index (χ2n) is 14.9. The Hall–Kier alpha value is -5.27. The number of amides is 2. The van der Waals surface area contributed by atoms with Gasteiger partial charge in [-0.3, -0.25) is 18.3 Å². The average molecular weight is 778 g/mol. The Labute approximate surface area is 316 Å². The molecule has 1 N–H and O–H groups in total. The van der Waals surface area contributed by atoms with Crippen molar-refractivity contribution in [2.45, 2.75) is 118 Å². The zero-order chi connectivity index (χ0) is 40.8. The van der Waals surface area contributed by atoms with E-state index in [1.807, 2.05) is 0 Å². The van der Waals surface area contributed by atoms with Crippen LogP contribution in [0.3, 0.4) is 0 Å². The molecule has 5 rings (SSSR count). The first-order valence-corrected chi connectivity index (χ1v) is 18.0. The molecule has 0 radical (unpaired) electrons. The summed E-state index contributed by atoms with van der Waals surface area (Å²) in [6.07, 6.45) is -2.25. The smallest absolute Gasteiger partial charge is 0.410 e. The summed E-state index contributed by atoms with van der Waals surface area (Å²) in [4.78, 5) is 80.9. The lowest BCUT2D eigenvalue weighted by Crippen LogP contribution is -2.43. The molecule has 21 nitrogen and oxygen atoms in total. The fourth-order valence-corrected chi connectivity index (χ4v) is 5.96. The van der Waals surface area contributed by atoms with Gasteiger partial charge in [0.05, 0.1) is 76.1 Å². The summed E-state index contributed by atoms with van der Waals surface area (Å²) in [5.74, 6) is -1.30. The number of hydrogen-bond acceptors (Lipinski definition) is 13. The monoisotopic (exact) mass is 777 g/mol. The van der Waals surface area contributed by atoms with E-state index in [-0.39, 0.29) is 75.7 Å². The largest absolute Gasteiger partial charge is 0.461 e. The van der Waals surface area contributed by atoms with E-state index < -0.39 is 47.1 Å². The van der Waals surface area contributed by atoms with Gasteiger partial charge in [-0.1, -0.05) is 5.11 Å². The first-order valence-electron chi connectivity index (χ1n) is 18.0. The quantitative estimate of drug-likeness (QED) is 0.0911. The minimum Gasteiger partial charge on any atom is -0.461 e. The molecule has 2 aromatic heterocycles. The molecule has 2 amide bonds. The van der Waals surface area contributed by atoms with Crippen LogP contribution in [0, 0.1) is 0 Å². The highest BCUT2D eigenvalue weighted by molar-refractivity contribution is 5.90. The van der Waals surface area contributed by atoms with Gasteiger partial charge < -0.3 is 38.6 Å². The number of nitrogens with zero attached hydrogens (tertiary/aromatic N) is 9. The predicted octanol–water partition coefficient (Wildman–Crippen LogP) is 2.22. The minimum absolute atomic E-state index is 0.0161. The van der Waals surface area contributed by atoms with E-state index in [0.717, 1.165) is 4.57 Å². The normalized spacial score (nSPS) is 16.7. The van der Waals surface area contributed by atoms with Gasteiger partial charge in [0.15, 0.2) is 11.4 Å². The molecule has 2 aromatic rings. The Balaban J connectivity index is 0.000000246. The van der Waals surface area contributed by atoms with E-state index in [1.165, 1.54) is 23.5 Å². The van der Waals surface area contributed by atoms with Crippen molar-refractivity contribution >= 4 is 24.1 Å². The van der Waals surface area contributed by atoms with Crippen LogP contribution in [0.15, 0.2) is 14.7 Å². The van der Waals surface area contributed by atoms with E-state index in [0.29, 0.717) is 37.6 Å². The number of rotatable bonds is 10. The van der Waals surface area contributed by atoms with Crippen molar-refractivity contribution in [1.82, 2.24) is 28.1 Å². The van der Waals surface area contributed by atoms with Crippen molar-refractivity contribution in [3.63, 3.8) is 0 Å². The van der Waals surface area contributed by atoms with Gasteiger partial charge in [-0.15, -0.1) is 0 Å². The number of imidazole rings is 2. The molecule has 5 heterocycles. The number of esters is 2. The molecule has 0 spiro atoms. The van der Waals surface area contributed by atoms with E-state index in [9.17, 15) is 33.9 Å². The molecule has 55 heavy (non-hydrogen) atoms. The Morgan fingerprint density at radius 3 is 1.65 bits per heavy atom. The average Bonchev–Trinajstić information content (AvgIpc) is 3.82. The van der Waals surface area contributed by atoms with E-state index in [2.05, 4.69) is 10.0 Å². The zero-order valence-electron chi connectivity index (χ0n) is 32.6. The summed E-state index contributed by atoms with van der Waals surface area (Å²) >= 11 is 0. The van der Waals surface area contributed by atoms with Crippen LogP contribution in [0.4, 0.5) is 9.59 Å². The third-order valence-corrected chi connectivity index (χ3v) is 8.31. The van der Waals surface area contributed by atoms with E-state index >= 15 is 0 Å². The van der Waals surface area contributed by atoms with Crippen LogP contribution >= 0.6 is 0 Å². The summed E-state index contributed by atoms with van der Waals surface area (Å²) in [5.41, 5.74) is 7.25. The third-order valence-electron chi connectivity index (χ3n) is 8.31. The number of epoxide rings is 1. The third kappa shape index (κ3) is 10.7. The molecule has 2 unspecified atom stereocenters. The fraction of sp³-hybridized carbons (Fsp3) is 0.706. The van der Waals surface area contributed by atoms with E-state index in [1.54, 1.807) is 55.4 Å². The molecule has 1 saturated heterocycles. The number of aliphatic hydroxyl groups excluding tert-OH is 1. The molecule has 1 fully saturated rings. The molecular formula is C34H51N9O12. The number of fused-ring (bicyclic) bond motifs is 2. The highest BCUT2D eigenvalue weighted by Gasteiger charge is 2.36. The van der Waals surface area contributed by atoms with Gasteiger partial charge >= 0.3 is 35.5 Å². The SMILES string of the molecule is CCOC(=O)c1c2n(c(=O)n1CC(O)CN=[N+]=[N-])CCN(C(=O)OC(C)(C)C)C2.CCOC(=O)c1c2n(c(=O)n1CC1CO1)CCN(C(=O)OC(C)(C)C)C2. The number of azide groups is 1. The number of carbonyl (C=O) groups excluding carboxylic acids is 4. The van der Waals surface area contributed by atoms with Gasteiger partial charge in [-0.25, -0.2) is 28.8 Å². The lowest BCUT2D eigenvalue weighted by Gasteiger charge is -2.30. The van der Waals surface area contributed by atoms with Crippen molar-refractivity contribution in [1.29, 1.82) is 0 Å². The maximum atomic E-state index is 12.8. The fourth-order valence-electron chi connectivity index (χ4n) is 5.96. The van der Waals surface area contributed by atoms with Crippen LogP contribution in [-0.4, -0.2) is 120 Å².